The van der Waals surface area contributed by atoms with Gasteiger partial charge in [0, 0.05) is 11.8 Å². The number of carbonyl (C=O) groups is 2. The number of carbonyl (C=O) groups excluding carboxylic acids is 2. The van der Waals surface area contributed by atoms with E-state index in [1.165, 1.54) is 6.08 Å². The third-order valence-corrected chi connectivity index (χ3v) is 3.40. The monoisotopic (exact) mass is 465 g/mol. The number of halogens is 4. The first-order chi connectivity index (χ1) is 11.7. The van der Waals surface area contributed by atoms with Crippen LogP contribution in [-0.4, -0.2) is 18.5 Å². The van der Waals surface area contributed by atoms with Crippen LogP contribution in [0.2, 0.25) is 0 Å². The van der Waals surface area contributed by atoms with Crippen molar-refractivity contribution in [3.8, 4) is 0 Å². The molecule has 1 aromatic heterocycles. The predicted octanol–water partition coefficient (Wildman–Crippen LogP) is 4.10. The van der Waals surface area contributed by atoms with Crippen LogP contribution >= 0.6 is 22.6 Å². The maximum absolute atomic E-state index is 12.4. The molecule has 1 heterocycles. The first kappa shape index (κ1) is 19.0. The van der Waals surface area contributed by atoms with Gasteiger partial charge in [-0.25, -0.2) is 4.79 Å². The van der Waals surface area contributed by atoms with Gasteiger partial charge in [0.15, 0.2) is 10.4 Å². The van der Waals surface area contributed by atoms with E-state index < -0.39 is 30.2 Å². The second-order valence-electron chi connectivity index (χ2n) is 4.71. The van der Waals surface area contributed by atoms with Crippen LogP contribution in [0.15, 0.2) is 46.9 Å². The van der Waals surface area contributed by atoms with E-state index in [4.69, 9.17) is 9.15 Å². The Labute approximate surface area is 154 Å². The molecule has 132 valence electrons. The molecule has 0 saturated carbocycles. The number of furan rings is 1. The number of hydrogen-bond acceptors (Lipinski definition) is 4. The van der Waals surface area contributed by atoms with Crippen LogP contribution in [0.1, 0.15) is 11.3 Å². The lowest BCUT2D eigenvalue weighted by molar-refractivity contribution is -0.142. The van der Waals surface area contributed by atoms with Gasteiger partial charge in [-0.05, 0) is 65.1 Å². The molecule has 0 aliphatic heterocycles. The lowest BCUT2D eigenvalue weighted by Crippen LogP contribution is -2.20. The van der Waals surface area contributed by atoms with Crippen LogP contribution in [-0.2, 0) is 20.5 Å². The molecule has 2 aromatic rings. The summed E-state index contributed by atoms with van der Waals surface area (Å²) in [6.07, 6.45) is -1.96. The molecular formula is C16H11F3INO4. The van der Waals surface area contributed by atoms with Crippen molar-refractivity contribution in [2.75, 3.05) is 11.9 Å². The number of nitrogens with one attached hydrogen (secondary N) is 1. The van der Waals surface area contributed by atoms with Crippen LogP contribution in [0, 0.1) is 3.77 Å². The minimum Gasteiger partial charge on any atom is -0.452 e. The Hall–Kier alpha value is -2.30. The minimum atomic E-state index is -4.45. The number of benzene rings is 1. The molecule has 0 unspecified atom stereocenters. The molecule has 0 spiro atoms. The maximum Gasteiger partial charge on any atom is 0.416 e. The second-order valence-corrected chi connectivity index (χ2v) is 5.77. The summed E-state index contributed by atoms with van der Waals surface area (Å²) in [5, 5.41) is 2.33. The SMILES string of the molecule is O=C(COC(=O)/C=C/c1ccc(I)o1)Nc1ccc(C(F)(F)F)cc1. The zero-order valence-corrected chi connectivity index (χ0v) is 14.6. The fourth-order valence-electron chi connectivity index (χ4n) is 1.69. The summed E-state index contributed by atoms with van der Waals surface area (Å²) >= 11 is 1.97. The van der Waals surface area contributed by atoms with E-state index in [1.54, 1.807) is 12.1 Å². The first-order valence-corrected chi connectivity index (χ1v) is 7.89. The van der Waals surface area contributed by atoms with Gasteiger partial charge in [-0.2, -0.15) is 13.2 Å². The molecule has 5 nitrogen and oxygen atoms in total. The Kier molecular flexibility index (Phi) is 6.23. The van der Waals surface area contributed by atoms with E-state index in [2.05, 4.69) is 5.32 Å². The van der Waals surface area contributed by atoms with Crippen molar-refractivity contribution in [3.05, 3.63) is 57.6 Å². The molecule has 0 radical (unpaired) electrons. The van der Waals surface area contributed by atoms with Gasteiger partial charge in [0.1, 0.15) is 5.76 Å². The summed E-state index contributed by atoms with van der Waals surface area (Å²) in [5.41, 5.74) is -0.663. The van der Waals surface area contributed by atoms with E-state index in [-0.39, 0.29) is 5.69 Å². The number of amides is 1. The number of alkyl halides is 3. The van der Waals surface area contributed by atoms with Gasteiger partial charge in [-0.15, -0.1) is 0 Å². The predicted molar refractivity (Wildman–Crippen MR) is 91.5 cm³/mol. The molecule has 2 rings (SSSR count). The van der Waals surface area contributed by atoms with Crippen LogP contribution in [0.5, 0.6) is 0 Å². The third kappa shape index (κ3) is 6.25. The van der Waals surface area contributed by atoms with Gasteiger partial charge < -0.3 is 14.5 Å². The first-order valence-electron chi connectivity index (χ1n) is 6.81. The summed E-state index contributed by atoms with van der Waals surface area (Å²) in [7, 11) is 0. The molecule has 1 amide bonds. The highest BCUT2D eigenvalue weighted by atomic mass is 127. The molecule has 1 aromatic carbocycles. The standard InChI is InChI=1S/C16H11F3INO4/c17-16(18,19)10-1-3-11(4-2-10)21-14(22)9-24-15(23)8-6-12-5-7-13(20)25-12/h1-8H,9H2,(H,21,22)/b8-6+. The van der Waals surface area contributed by atoms with Gasteiger partial charge in [0.25, 0.3) is 5.91 Å². The zero-order valence-electron chi connectivity index (χ0n) is 12.5. The van der Waals surface area contributed by atoms with E-state index in [0.29, 0.717) is 9.53 Å². The largest absolute Gasteiger partial charge is 0.452 e. The summed E-state index contributed by atoms with van der Waals surface area (Å²) in [5.74, 6) is -0.974. The van der Waals surface area contributed by atoms with Gasteiger partial charge in [-0.3, -0.25) is 4.79 Å². The van der Waals surface area contributed by atoms with Gasteiger partial charge >= 0.3 is 12.1 Å². The topological polar surface area (TPSA) is 68.5 Å². The lowest BCUT2D eigenvalue weighted by atomic mass is 10.2. The highest BCUT2D eigenvalue weighted by Crippen LogP contribution is 2.29. The average molecular weight is 465 g/mol. The lowest BCUT2D eigenvalue weighted by Gasteiger charge is -2.08. The molecule has 0 atom stereocenters. The van der Waals surface area contributed by atoms with Crippen molar-refractivity contribution >= 4 is 46.2 Å². The van der Waals surface area contributed by atoms with Crippen LogP contribution < -0.4 is 5.32 Å². The Balaban J connectivity index is 1.80. The van der Waals surface area contributed by atoms with E-state index in [0.717, 1.165) is 30.3 Å². The fourth-order valence-corrected chi connectivity index (χ4v) is 2.13. The minimum absolute atomic E-state index is 0.162. The summed E-state index contributed by atoms with van der Waals surface area (Å²) in [6.45, 7) is -0.570. The van der Waals surface area contributed by atoms with Crippen molar-refractivity contribution in [1.82, 2.24) is 0 Å². The number of ether oxygens (including phenoxy) is 1. The highest BCUT2D eigenvalue weighted by molar-refractivity contribution is 14.1. The van der Waals surface area contributed by atoms with Crippen molar-refractivity contribution in [3.63, 3.8) is 0 Å². The van der Waals surface area contributed by atoms with Crippen molar-refractivity contribution in [2.45, 2.75) is 6.18 Å². The van der Waals surface area contributed by atoms with Crippen molar-refractivity contribution in [2.24, 2.45) is 0 Å². The maximum atomic E-state index is 12.4. The van der Waals surface area contributed by atoms with E-state index >= 15 is 0 Å². The van der Waals surface area contributed by atoms with Crippen molar-refractivity contribution < 1.29 is 31.9 Å². The zero-order chi connectivity index (χ0) is 18.4. The summed E-state index contributed by atoms with van der Waals surface area (Å²) in [6, 6.07) is 7.28. The molecular weight excluding hydrogens is 454 g/mol. The van der Waals surface area contributed by atoms with Crippen LogP contribution in [0.4, 0.5) is 18.9 Å². The smallest absolute Gasteiger partial charge is 0.416 e. The second kappa shape index (κ2) is 8.19. The van der Waals surface area contributed by atoms with Gasteiger partial charge in [-0.1, -0.05) is 0 Å². The Morgan fingerprint density at radius 3 is 2.40 bits per heavy atom. The van der Waals surface area contributed by atoms with Crippen LogP contribution in [0.3, 0.4) is 0 Å². The molecule has 25 heavy (non-hydrogen) atoms. The molecule has 0 bridgehead atoms. The average Bonchev–Trinajstić information content (AvgIpc) is 2.96. The molecule has 1 N–H and O–H groups in total. The Morgan fingerprint density at radius 1 is 1.16 bits per heavy atom. The normalized spacial score (nSPS) is 11.5. The summed E-state index contributed by atoms with van der Waals surface area (Å²) < 4.78 is 47.9. The highest BCUT2D eigenvalue weighted by Gasteiger charge is 2.29. The quantitative estimate of drug-likeness (QED) is 0.411. The number of rotatable bonds is 5. The fraction of sp³-hybridized carbons (Fsp3) is 0.125. The molecule has 0 aliphatic rings. The van der Waals surface area contributed by atoms with Crippen molar-refractivity contribution in [1.29, 1.82) is 0 Å². The number of esters is 1. The van der Waals surface area contributed by atoms with E-state index in [9.17, 15) is 22.8 Å². The van der Waals surface area contributed by atoms with Gasteiger partial charge in [0.05, 0.1) is 5.56 Å². The molecule has 9 heteroatoms. The molecule has 0 fully saturated rings. The third-order valence-electron chi connectivity index (χ3n) is 2.82. The molecule has 0 saturated heterocycles. The van der Waals surface area contributed by atoms with Crippen LogP contribution in [0.25, 0.3) is 6.08 Å². The Morgan fingerprint density at radius 2 is 1.84 bits per heavy atom. The summed E-state index contributed by atoms with van der Waals surface area (Å²) in [4.78, 5) is 23.1. The number of hydrogen-bond donors (Lipinski definition) is 1. The number of anilines is 1. The molecule has 0 aliphatic carbocycles. The Bertz CT molecular complexity index is 781. The van der Waals surface area contributed by atoms with Gasteiger partial charge in [0.2, 0.25) is 0 Å². The van der Waals surface area contributed by atoms with E-state index in [1.807, 2.05) is 22.6 Å².